The molecule has 0 spiro atoms. The number of halogens is 3. The first-order valence-electron chi connectivity index (χ1n) is 9.40. The van der Waals surface area contributed by atoms with Gasteiger partial charge in [0.2, 0.25) is 0 Å². The summed E-state index contributed by atoms with van der Waals surface area (Å²) < 4.78 is 38.8. The normalized spacial score (nSPS) is 17.4. The van der Waals surface area contributed by atoms with Crippen molar-refractivity contribution in [1.82, 2.24) is 5.32 Å². The van der Waals surface area contributed by atoms with Gasteiger partial charge in [-0.25, -0.2) is 0 Å². The molecule has 0 bridgehead atoms. The van der Waals surface area contributed by atoms with Crippen molar-refractivity contribution in [1.29, 1.82) is 0 Å². The lowest BCUT2D eigenvalue weighted by atomic mass is 9.95. The summed E-state index contributed by atoms with van der Waals surface area (Å²) in [5.41, 5.74) is -0.534. The lowest BCUT2D eigenvalue weighted by molar-refractivity contribution is -0.137. The Morgan fingerprint density at radius 2 is 1.81 bits per heavy atom. The highest BCUT2D eigenvalue weighted by Gasteiger charge is 2.30. The Morgan fingerprint density at radius 3 is 2.42 bits per heavy atom. The van der Waals surface area contributed by atoms with Crippen LogP contribution in [0, 0.1) is 0 Å². The van der Waals surface area contributed by atoms with E-state index >= 15 is 0 Å². The lowest BCUT2D eigenvalue weighted by Gasteiger charge is -2.24. The van der Waals surface area contributed by atoms with Crippen molar-refractivity contribution in [2.45, 2.75) is 77.1 Å². The molecule has 0 saturated heterocycles. The molecule has 1 aliphatic carbocycles. The minimum atomic E-state index is -4.35. The zero-order valence-electron chi connectivity index (χ0n) is 15.9. The zero-order valence-corrected chi connectivity index (χ0v) is 15.9. The number of nitrogens with one attached hydrogen (secondary N) is 2. The molecular weight excluding hydrogens is 339 g/mol. The number of benzene rings is 1. The van der Waals surface area contributed by atoms with Gasteiger partial charge in [-0.2, -0.15) is 13.2 Å². The zero-order chi connectivity index (χ0) is 19.2. The van der Waals surface area contributed by atoms with E-state index in [1.165, 1.54) is 38.2 Å². The predicted octanol–water partition coefficient (Wildman–Crippen LogP) is 5.63. The van der Waals surface area contributed by atoms with E-state index in [-0.39, 0.29) is 5.54 Å². The molecule has 146 valence electrons. The van der Waals surface area contributed by atoms with Crippen molar-refractivity contribution in [2.75, 3.05) is 11.9 Å². The number of hydrogen-bond donors (Lipinski definition) is 2. The summed E-state index contributed by atoms with van der Waals surface area (Å²) in [7, 11) is 0. The largest absolute Gasteiger partial charge is 0.416 e. The Bertz CT molecular complexity index is 597. The summed E-state index contributed by atoms with van der Waals surface area (Å²) in [6.07, 6.45) is 2.56. The van der Waals surface area contributed by atoms with Crippen LogP contribution >= 0.6 is 0 Å². The molecule has 6 heteroatoms. The van der Waals surface area contributed by atoms with Gasteiger partial charge in [-0.1, -0.05) is 25.3 Å². The van der Waals surface area contributed by atoms with Gasteiger partial charge in [0.05, 0.1) is 11.1 Å². The standard InChI is InChI=1S/C20H30F3N3/c1-19(2,3)26-18(12-13-24-16-9-5-4-6-10-16)25-17-11-7-8-15(14-17)20(21,22)23/h7-8,11,14,16,24H,4-6,9-10,12-13H2,1-3H3,(H,25,26). The van der Waals surface area contributed by atoms with Crippen LogP contribution in [-0.2, 0) is 6.18 Å². The molecule has 0 unspecified atom stereocenters. The molecule has 2 rings (SSSR count). The van der Waals surface area contributed by atoms with Crippen molar-refractivity contribution in [2.24, 2.45) is 4.99 Å². The monoisotopic (exact) mass is 369 g/mol. The van der Waals surface area contributed by atoms with Gasteiger partial charge >= 0.3 is 6.18 Å². The van der Waals surface area contributed by atoms with Crippen LogP contribution in [0.25, 0.3) is 0 Å². The number of rotatable bonds is 5. The molecule has 1 aromatic rings. The summed E-state index contributed by atoms with van der Waals surface area (Å²) in [4.78, 5) is 4.66. The number of hydrogen-bond acceptors (Lipinski definition) is 2. The Morgan fingerprint density at radius 1 is 1.12 bits per heavy atom. The third kappa shape index (κ3) is 7.36. The summed E-state index contributed by atoms with van der Waals surface area (Å²) in [5, 5.41) is 6.65. The van der Waals surface area contributed by atoms with Gasteiger partial charge in [0, 0.05) is 24.7 Å². The first-order chi connectivity index (χ1) is 12.1. The third-order valence-corrected chi connectivity index (χ3v) is 4.35. The van der Waals surface area contributed by atoms with Crippen LogP contribution in [-0.4, -0.2) is 24.0 Å². The quantitative estimate of drug-likeness (QED) is 0.521. The lowest BCUT2D eigenvalue weighted by Crippen LogP contribution is -2.34. The molecule has 26 heavy (non-hydrogen) atoms. The second kappa shape index (κ2) is 8.89. The van der Waals surface area contributed by atoms with Gasteiger partial charge in [0.25, 0.3) is 0 Å². The average molecular weight is 369 g/mol. The second-order valence-electron chi connectivity index (χ2n) is 7.97. The van der Waals surface area contributed by atoms with Gasteiger partial charge in [0.15, 0.2) is 0 Å². The van der Waals surface area contributed by atoms with E-state index in [1.807, 2.05) is 20.8 Å². The van der Waals surface area contributed by atoms with E-state index in [2.05, 4.69) is 15.6 Å². The molecule has 1 aliphatic rings. The fourth-order valence-electron chi connectivity index (χ4n) is 3.19. The molecule has 0 aliphatic heterocycles. The summed E-state index contributed by atoms with van der Waals surface area (Å²) in [6.45, 7) is 6.71. The van der Waals surface area contributed by atoms with Crippen LogP contribution < -0.4 is 10.6 Å². The molecular formula is C20H30F3N3. The second-order valence-corrected chi connectivity index (χ2v) is 7.97. The molecule has 0 heterocycles. The first kappa shape index (κ1) is 20.7. The van der Waals surface area contributed by atoms with Crippen LogP contribution in [0.1, 0.15) is 64.9 Å². The van der Waals surface area contributed by atoms with Crippen LogP contribution in [0.5, 0.6) is 0 Å². The van der Waals surface area contributed by atoms with Crippen molar-refractivity contribution >= 4 is 11.5 Å². The number of amidine groups is 1. The average Bonchev–Trinajstić information content (AvgIpc) is 2.54. The maximum Gasteiger partial charge on any atom is 0.416 e. The number of alkyl halides is 3. The molecule has 0 amide bonds. The van der Waals surface area contributed by atoms with Crippen molar-refractivity contribution in [3.8, 4) is 0 Å². The van der Waals surface area contributed by atoms with E-state index < -0.39 is 11.7 Å². The third-order valence-electron chi connectivity index (χ3n) is 4.35. The minimum absolute atomic E-state index is 0.297. The molecule has 0 atom stereocenters. The first-order valence-corrected chi connectivity index (χ1v) is 9.40. The molecule has 1 aromatic carbocycles. The maximum absolute atomic E-state index is 12.9. The number of aliphatic imine (C=N–C) groups is 1. The highest BCUT2D eigenvalue weighted by atomic mass is 19.4. The molecule has 0 aromatic heterocycles. The number of anilines is 1. The van der Waals surface area contributed by atoms with Gasteiger partial charge in [0.1, 0.15) is 5.84 Å². The smallest absolute Gasteiger partial charge is 0.344 e. The van der Waals surface area contributed by atoms with Gasteiger partial charge < -0.3 is 10.6 Å². The maximum atomic E-state index is 12.9. The van der Waals surface area contributed by atoms with E-state index in [1.54, 1.807) is 6.07 Å². The van der Waals surface area contributed by atoms with Crippen LogP contribution in [0.4, 0.5) is 18.9 Å². The molecule has 1 saturated carbocycles. The highest BCUT2D eigenvalue weighted by Crippen LogP contribution is 2.30. The molecule has 2 N–H and O–H groups in total. The van der Waals surface area contributed by atoms with Crippen molar-refractivity contribution in [3.63, 3.8) is 0 Å². The molecule has 1 fully saturated rings. The fraction of sp³-hybridized carbons (Fsp3) is 0.650. The Kier molecular flexibility index (Phi) is 7.09. The molecule has 0 radical (unpaired) electrons. The van der Waals surface area contributed by atoms with E-state index in [4.69, 9.17) is 0 Å². The topological polar surface area (TPSA) is 36.4 Å². The number of nitrogens with zero attached hydrogens (tertiary/aromatic N) is 1. The van der Waals surface area contributed by atoms with Gasteiger partial charge in [-0.15, -0.1) is 0 Å². The SMILES string of the molecule is CC(C)(C)N=C(CCNC1CCCCC1)Nc1cccc(C(F)(F)F)c1. The molecule has 3 nitrogen and oxygen atoms in total. The predicted molar refractivity (Wildman–Crippen MR) is 102 cm³/mol. The van der Waals surface area contributed by atoms with Gasteiger partial charge in [-0.3, -0.25) is 4.99 Å². The Hall–Kier alpha value is -1.56. The minimum Gasteiger partial charge on any atom is -0.344 e. The summed E-state index contributed by atoms with van der Waals surface area (Å²) >= 11 is 0. The van der Waals surface area contributed by atoms with E-state index in [0.717, 1.165) is 18.7 Å². The highest BCUT2D eigenvalue weighted by molar-refractivity contribution is 5.95. The van der Waals surface area contributed by atoms with E-state index in [9.17, 15) is 13.2 Å². The van der Waals surface area contributed by atoms with Crippen LogP contribution in [0.2, 0.25) is 0 Å². The fourth-order valence-corrected chi connectivity index (χ4v) is 3.19. The van der Waals surface area contributed by atoms with Crippen molar-refractivity contribution in [3.05, 3.63) is 29.8 Å². The Labute approximate surface area is 154 Å². The Balaban J connectivity index is 2.02. The van der Waals surface area contributed by atoms with Crippen LogP contribution in [0.15, 0.2) is 29.3 Å². The van der Waals surface area contributed by atoms with Gasteiger partial charge in [-0.05, 0) is 51.8 Å². The summed E-state index contributed by atoms with van der Waals surface area (Å²) in [6, 6.07) is 5.82. The van der Waals surface area contributed by atoms with Crippen LogP contribution in [0.3, 0.4) is 0 Å². The summed E-state index contributed by atoms with van der Waals surface area (Å²) in [5.74, 6) is 0.708. The van der Waals surface area contributed by atoms with Crippen molar-refractivity contribution < 1.29 is 13.2 Å². The van der Waals surface area contributed by atoms with E-state index in [0.29, 0.717) is 24.0 Å².